The standard InChI is InChI=1S/C32H22N2/c33-23-24-19-21-27(22-20-24)34-30-17-9-7-15-28(30)32(25-11-3-1-4-12-25,26-13-5-2-6-14-26)29-16-8-10-18-31(29)34/h1-22H. The molecule has 0 saturated heterocycles. The molecule has 1 aliphatic rings. The zero-order chi connectivity index (χ0) is 23.0. The SMILES string of the molecule is N#Cc1ccc(N2c3ccccc3C(c3ccccc3)(c3ccccc3)c3ccccc32)cc1. The van der Waals surface area contributed by atoms with Crippen LogP contribution in [0.1, 0.15) is 27.8 Å². The Hall–Kier alpha value is -4.61. The van der Waals surface area contributed by atoms with Crippen LogP contribution in [-0.2, 0) is 5.41 Å². The first-order valence-electron chi connectivity index (χ1n) is 11.4. The van der Waals surface area contributed by atoms with Gasteiger partial charge in [-0.3, -0.25) is 0 Å². The predicted molar refractivity (Wildman–Crippen MR) is 138 cm³/mol. The van der Waals surface area contributed by atoms with E-state index >= 15 is 0 Å². The van der Waals surface area contributed by atoms with Crippen molar-refractivity contribution in [3.63, 3.8) is 0 Å². The average molecular weight is 435 g/mol. The van der Waals surface area contributed by atoms with Crippen LogP contribution in [0.15, 0.2) is 133 Å². The molecule has 1 heterocycles. The van der Waals surface area contributed by atoms with Crippen LogP contribution in [0.25, 0.3) is 0 Å². The maximum atomic E-state index is 9.31. The lowest BCUT2D eigenvalue weighted by molar-refractivity contribution is 0.731. The molecule has 0 unspecified atom stereocenters. The molecular formula is C32H22N2. The summed E-state index contributed by atoms with van der Waals surface area (Å²) in [5.41, 5.74) is 8.45. The summed E-state index contributed by atoms with van der Waals surface area (Å²) in [5, 5.41) is 9.31. The minimum Gasteiger partial charge on any atom is -0.310 e. The summed E-state index contributed by atoms with van der Waals surface area (Å²) in [6.45, 7) is 0. The maximum absolute atomic E-state index is 9.31. The van der Waals surface area contributed by atoms with E-state index in [4.69, 9.17) is 0 Å². The Bertz CT molecular complexity index is 1410. The van der Waals surface area contributed by atoms with Crippen molar-refractivity contribution in [1.82, 2.24) is 0 Å². The van der Waals surface area contributed by atoms with E-state index in [9.17, 15) is 5.26 Å². The molecule has 1 aliphatic heterocycles. The van der Waals surface area contributed by atoms with Crippen molar-refractivity contribution in [1.29, 1.82) is 5.26 Å². The molecule has 0 bridgehead atoms. The van der Waals surface area contributed by atoms with Gasteiger partial charge in [-0.05, 0) is 58.7 Å². The van der Waals surface area contributed by atoms with Gasteiger partial charge in [0, 0.05) is 5.69 Å². The number of fused-ring (bicyclic) bond motifs is 2. The normalized spacial score (nSPS) is 13.4. The molecular weight excluding hydrogens is 412 g/mol. The van der Waals surface area contributed by atoms with Gasteiger partial charge in [-0.25, -0.2) is 0 Å². The number of nitriles is 1. The van der Waals surface area contributed by atoms with Crippen molar-refractivity contribution in [2.45, 2.75) is 5.41 Å². The van der Waals surface area contributed by atoms with Gasteiger partial charge in [-0.2, -0.15) is 5.26 Å². The lowest BCUT2D eigenvalue weighted by Gasteiger charge is -2.46. The van der Waals surface area contributed by atoms with Crippen LogP contribution in [0.4, 0.5) is 17.1 Å². The first-order valence-corrected chi connectivity index (χ1v) is 11.4. The van der Waals surface area contributed by atoms with Gasteiger partial charge in [0.25, 0.3) is 0 Å². The first-order chi connectivity index (χ1) is 16.8. The van der Waals surface area contributed by atoms with Crippen molar-refractivity contribution < 1.29 is 0 Å². The Morgan fingerprint density at radius 3 is 1.41 bits per heavy atom. The van der Waals surface area contributed by atoms with Gasteiger partial charge in [0.05, 0.1) is 28.4 Å². The summed E-state index contributed by atoms with van der Waals surface area (Å²) >= 11 is 0. The molecule has 0 fully saturated rings. The fraction of sp³-hybridized carbons (Fsp3) is 0.0312. The number of hydrogen-bond donors (Lipinski definition) is 0. The summed E-state index contributed by atoms with van der Waals surface area (Å²) < 4.78 is 0. The monoisotopic (exact) mass is 434 g/mol. The molecule has 0 atom stereocenters. The summed E-state index contributed by atoms with van der Waals surface area (Å²) in [7, 11) is 0. The van der Waals surface area contributed by atoms with E-state index in [0.29, 0.717) is 5.56 Å². The molecule has 0 aliphatic carbocycles. The largest absolute Gasteiger partial charge is 0.310 e. The van der Waals surface area contributed by atoms with E-state index in [1.165, 1.54) is 22.3 Å². The minimum atomic E-state index is -0.460. The number of nitrogens with zero attached hydrogens (tertiary/aromatic N) is 2. The number of rotatable bonds is 3. The van der Waals surface area contributed by atoms with Gasteiger partial charge < -0.3 is 4.90 Å². The second-order valence-corrected chi connectivity index (χ2v) is 8.51. The van der Waals surface area contributed by atoms with E-state index in [-0.39, 0.29) is 0 Å². The van der Waals surface area contributed by atoms with Crippen LogP contribution in [0, 0.1) is 11.3 Å². The zero-order valence-corrected chi connectivity index (χ0v) is 18.6. The van der Waals surface area contributed by atoms with Crippen LogP contribution in [0.3, 0.4) is 0 Å². The van der Waals surface area contributed by atoms with E-state index in [0.717, 1.165) is 17.1 Å². The van der Waals surface area contributed by atoms with Crippen molar-refractivity contribution in [3.8, 4) is 6.07 Å². The molecule has 0 saturated carbocycles. The first kappa shape index (κ1) is 20.0. The fourth-order valence-corrected chi connectivity index (χ4v) is 5.37. The topological polar surface area (TPSA) is 27.0 Å². The lowest BCUT2D eigenvalue weighted by atomic mass is 9.62. The molecule has 0 N–H and O–H groups in total. The summed E-state index contributed by atoms with van der Waals surface area (Å²) in [5.74, 6) is 0. The molecule has 2 heteroatoms. The second kappa shape index (κ2) is 8.06. The number of benzene rings is 5. The number of anilines is 3. The molecule has 160 valence electrons. The maximum Gasteiger partial charge on any atom is 0.0991 e. The molecule has 0 radical (unpaired) electrons. The van der Waals surface area contributed by atoms with Gasteiger partial charge in [0.15, 0.2) is 0 Å². The molecule has 5 aromatic carbocycles. The molecule has 0 aromatic heterocycles. The van der Waals surface area contributed by atoms with Crippen molar-refractivity contribution in [2.24, 2.45) is 0 Å². The molecule has 2 nitrogen and oxygen atoms in total. The van der Waals surface area contributed by atoms with Crippen LogP contribution < -0.4 is 4.90 Å². The van der Waals surface area contributed by atoms with E-state index in [2.05, 4.69) is 120 Å². The molecule has 5 aromatic rings. The zero-order valence-electron chi connectivity index (χ0n) is 18.6. The van der Waals surface area contributed by atoms with Crippen molar-refractivity contribution >= 4 is 17.1 Å². The van der Waals surface area contributed by atoms with Crippen LogP contribution >= 0.6 is 0 Å². The highest BCUT2D eigenvalue weighted by Crippen LogP contribution is 2.57. The Morgan fingerprint density at radius 2 is 0.941 bits per heavy atom. The lowest BCUT2D eigenvalue weighted by Crippen LogP contribution is -2.37. The Balaban J connectivity index is 1.74. The highest BCUT2D eigenvalue weighted by molar-refractivity contribution is 5.89. The van der Waals surface area contributed by atoms with Crippen molar-refractivity contribution in [3.05, 3.63) is 161 Å². The predicted octanol–water partition coefficient (Wildman–Crippen LogP) is 7.72. The highest BCUT2D eigenvalue weighted by Gasteiger charge is 2.46. The number of hydrogen-bond acceptors (Lipinski definition) is 2. The third-order valence-corrected chi connectivity index (χ3v) is 6.77. The minimum absolute atomic E-state index is 0.460. The summed E-state index contributed by atoms with van der Waals surface area (Å²) in [4.78, 5) is 2.32. The van der Waals surface area contributed by atoms with Crippen LogP contribution in [0.2, 0.25) is 0 Å². The fourth-order valence-electron chi connectivity index (χ4n) is 5.37. The van der Waals surface area contributed by atoms with Gasteiger partial charge in [-0.1, -0.05) is 97.1 Å². The smallest absolute Gasteiger partial charge is 0.0991 e. The molecule has 6 rings (SSSR count). The quantitative estimate of drug-likeness (QED) is 0.285. The second-order valence-electron chi connectivity index (χ2n) is 8.51. The van der Waals surface area contributed by atoms with Crippen LogP contribution in [0.5, 0.6) is 0 Å². The van der Waals surface area contributed by atoms with Gasteiger partial charge in [0.2, 0.25) is 0 Å². The molecule has 34 heavy (non-hydrogen) atoms. The van der Waals surface area contributed by atoms with Gasteiger partial charge in [0.1, 0.15) is 0 Å². The highest BCUT2D eigenvalue weighted by atomic mass is 15.2. The number of para-hydroxylation sites is 2. The van der Waals surface area contributed by atoms with E-state index in [1.54, 1.807) is 0 Å². The third-order valence-electron chi connectivity index (χ3n) is 6.77. The Kier molecular flexibility index (Phi) is 4.75. The summed E-state index contributed by atoms with van der Waals surface area (Å²) in [6.07, 6.45) is 0. The Labute approximate surface area is 200 Å². The van der Waals surface area contributed by atoms with E-state index < -0.39 is 5.41 Å². The Morgan fingerprint density at radius 1 is 0.500 bits per heavy atom. The average Bonchev–Trinajstić information content (AvgIpc) is 2.93. The van der Waals surface area contributed by atoms with Gasteiger partial charge >= 0.3 is 0 Å². The van der Waals surface area contributed by atoms with Gasteiger partial charge in [-0.15, -0.1) is 0 Å². The van der Waals surface area contributed by atoms with Crippen molar-refractivity contribution in [2.75, 3.05) is 4.90 Å². The molecule has 0 spiro atoms. The summed E-state index contributed by atoms with van der Waals surface area (Å²) in [6, 6.07) is 49.0. The van der Waals surface area contributed by atoms with E-state index in [1.807, 2.05) is 24.3 Å². The molecule has 0 amide bonds. The van der Waals surface area contributed by atoms with Crippen LogP contribution in [-0.4, -0.2) is 0 Å². The third kappa shape index (κ3) is 2.88.